The zero-order valence-electron chi connectivity index (χ0n) is 10.4. The van der Waals surface area contributed by atoms with Crippen molar-refractivity contribution in [3.63, 3.8) is 0 Å². The summed E-state index contributed by atoms with van der Waals surface area (Å²) in [7, 11) is 0. The average Bonchev–Trinajstić information content (AvgIpc) is 2.42. The smallest absolute Gasteiger partial charge is 0.228 e. The minimum absolute atomic E-state index is 0.0192. The molecule has 0 unspecified atom stereocenters. The highest BCUT2D eigenvalue weighted by Gasteiger charge is 2.07. The van der Waals surface area contributed by atoms with E-state index in [4.69, 9.17) is 5.73 Å². The minimum Gasteiger partial charge on any atom is -0.326 e. The maximum atomic E-state index is 13.4. The Kier molecular flexibility index (Phi) is 4.26. The lowest BCUT2D eigenvalue weighted by atomic mass is 10.1. The zero-order chi connectivity index (χ0) is 13.7. The standard InChI is InChI=1S/C15H15FN2O/c16-14-4-2-1-3-12(14)9-15(19)18-13-7-5-11(10-17)6-8-13/h1-8H,9-10,17H2,(H,18,19). The third-order valence-electron chi connectivity index (χ3n) is 2.78. The number of hydrogen-bond donors (Lipinski definition) is 2. The van der Waals surface area contributed by atoms with Crippen LogP contribution in [0.3, 0.4) is 0 Å². The number of carbonyl (C=O) groups is 1. The summed E-state index contributed by atoms with van der Waals surface area (Å²) in [5.74, 6) is -0.610. The fourth-order valence-corrected chi connectivity index (χ4v) is 1.74. The lowest BCUT2D eigenvalue weighted by Crippen LogP contribution is -2.15. The number of anilines is 1. The average molecular weight is 258 g/mol. The van der Waals surface area contributed by atoms with Crippen LogP contribution in [0.2, 0.25) is 0 Å². The molecule has 0 saturated heterocycles. The van der Waals surface area contributed by atoms with Gasteiger partial charge in [-0.3, -0.25) is 4.79 Å². The minimum atomic E-state index is -0.365. The van der Waals surface area contributed by atoms with Crippen LogP contribution < -0.4 is 11.1 Å². The van der Waals surface area contributed by atoms with Crippen LogP contribution in [0.25, 0.3) is 0 Å². The second-order valence-corrected chi connectivity index (χ2v) is 4.22. The second kappa shape index (κ2) is 6.11. The highest BCUT2D eigenvalue weighted by atomic mass is 19.1. The first-order chi connectivity index (χ1) is 9.19. The quantitative estimate of drug-likeness (QED) is 0.885. The molecule has 3 nitrogen and oxygen atoms in total. The van der Waals surface area contributed by atoms with Crippen LogP contribution in [-0.4, -0.2) is 5.91 Å². The van der Waals surface area contributed by atoms with Crippen LogP contribution in [-0.2, 0) is 17.8 Å². The van der Waals surface area contributed by atoms with Crippen LogP contribution in [0.4, 0.5) is 10.1 Å². The molecule has 2 aromatic carbocycles. The largest absolute Gasteiger partial charge is 0.326 e. The molecule has 0 fully saturated rings. The van der Waals surface area contributed by atoms with Crippen LogP contribution in [0, 0.1) is 5.82 Å². The number of hydrogen-bond acceptors (Lipinski definition) is 2. The number of nitrogens with two attached hydrogens (primary N) is 1. The summed E-state index contributed by atoms with van der Waals surface area (Å²) in [6.07, 6.45) is 0.0192. The first-order valence-corrected chi connectivity index (χ1v) is 6.01. The Bertz CT molecular complexity index is 567. The Morgan fingerprint density at radius 1 is 1.11 bits per heavy atom. The van der Waals surface area contributed by atoms with Gasteiger partial charge < -0.3 is 11.1 Å². The van der Waals surface area contributed by atoms with Crippen molar-refractivity contribution >= 4 is 11.6 Å². The molecule has 0 aliphatic heterocycles. The molecule has 2 aromatic rings. The van der Waals surface area contributed by atoms with Crippen molar-refractivity contribution in [2.45, 2.75) is 13.0 Å². The van der Waals surface area contributed by atoms with Gasteiger partial charge in [-0.05, 0) is 29.3 Å². The van der Waals surface area contributed by atoms with E-state index in [2.05, 4.69) is 5.32 Å². The highest BCUT2D eigenvalue weighted by molar-refractivity contribution is 5.92. The third-order valence-corrected chi connectivity index (χ3v) is 2.78. The molecule has 3 N–H and O–H groups in total. The van der Waals surface area contributed by atoms with Crippen LogP contribution in [0.5, 0.6) is 0 Å². The Balaban J connectivity index is 1.99. The van der Waals surface area contributed by atoms with Gasteiger partial charge in [0.25, 0.3) is 0 Å². The molecule has 0 spiro atoms. The van der Waals surface area contributed by atoms with Gasteiger partial charge in [-0.25, -0.2) is 4.39 Å². The van der Waals surface area contributed by atoms with Crippen molar-refractivity contribution in [1.29, 1.82) is 0 Å². The van der Waals surface area contributed by atoms with E-state index in [-0.39, 0.29) is 18.1 Å². The Hall–Kier alpha value is -2.20. The molecule has 0 aromatic heterocycles. The topological polar surface area (TPSA) is 55.1 Å². The van der Waals surface area contributed by atoms with Crippen molar-refractivity contribution in [2.75, 3.05) is 5.32 Å². The van der Waals surface area contributed by atoms with E-state index in [1.807, 2.05) is 12.1 Å². The van der Waals surface area contributed by atoms with E-state index >= 15 is 0 Å². The fraction of sp³-hybridized carbons (Fsp3) is 0.133. The molecule has 98 valence electrons. The number of nitrogens with one attached hydrogen (secondary N) is 1. The maximum absolute atomic E-state index is 13.4. The van der Waals surface area contributed by atoms with Gasteiger partial charge in [0, 0.05) is 12.2 Å². The summed E-state index contributed by atoms with van der Waals surface area (Å²) in [4.78, 5) is 11.8. The van der Waals surface area contributed by atoms with Gasteiger partial charge in [0.15, 0.2) is 0 Å². The van der Waals surface area contributed by atoms with Crippen molar-refractivity contribution < 1.29 is 9.18 Å². The number of benzene rings is 2. The first kappa shape index (κ1) is 13.2. The monoisotopic (exact) mass is 258 g/mol. The summed E-state index contributed by atoms with van der Waals surface area (Å²) in [6, 6.07) is 13.5. The number of amides is 1. The lowest BCUT2D eigenvalue weighted by molar-refractivity contribution is -0.115. The normalized spacial score (nSPS) is 10.2. The summed E-state index contributed by atoms with van der Waals surface area (Å²) in [5.41, 5.74) is 7.55. The Labute approximate surface area is 111 Å². The van der Waals surface area contributed by atoms with E-state index in [0.717, 1.165) is 5.56 Å². The molecule has 0 saturated carbocycles. The van der Waals surface area contributed by atoms with Gasteiger partial charge in [0.2, 0.25) is 5.91 Å². The molecule has 2 rings (SSSR count). The van der Waals surface area contributed by atoms with Gasteiger partial charge in [-0.2, -0.15) is 0 Å². The molecule has 0 bridgehead atoms. The molecule has 0 aliphatic rings. The van der Waals surface area contributed by atoms with E-state index < -0.39 is 0 Å². The van der Waals surface area contributed by atoms with Crippen molar-refractivity contribution in [2.24, 2.45) is 5.73 Å². The van der Waals surface area contributed by atoms with Crippen LogP contribution in [0.15, 0.2) is 48.5 Å². The molecule has 0 atom stereocenters. The molecular formula is C15H15FN2O. The Morgan fingerprint density at radius 2 is 1.79 bits per heavy atom. The van der Waals surface area contributed by atoms with Crippen molar-refractivity contribution in [3.05, 3.63) is 65.5 Å². The second-order valence-electron chi connectivity index (χ2n) is 4.22. The number of rotatable bonds is 4. The molecule has 0 radical (unpaired) electrons. The van der Waals surface area contributed by atoms with Gasteiger partial charge in [0.1, 0.15) is 5.82 Å². The molecule has 19 heavy (non-hydrogen) atoms. The first-order valence-electron chi connectivity index (χ1n) is 6.01. The van der Waals surface area contributed by atoms with Gasteiger partial charge in [-0.1, -0.05) is 30.3 Å². The molecular weight excluding hydrogens is 243 g/mol. The molecule has 1 amide bonds. The van der Waals surface area contributed by atoms with E-state index in [1.165, 1.54) is 6.07 Å². The van der Waals surface area contributed by atoms with Crippen molar-refractivity contribution in [1.82, 2.24) is 0 Å². The third kappa shape index (κ3) is 3.63. The predicted molar refractivity (Wildman–Crippen MR) is 73.1 cm³/mol. The highest BCUT2D eigenvalue weighted by Crippen LogP contribution is 2.11. The predicted octanol–water partition coefficient (Wildman–Crippen LogP) is 2.47. The lowest BCUT2D eigenvalue weighted by Gasteiger charge is -2.06. The number of carbonyl (C=O) groups excluding carboxylic acids is 1. The molecule has 4 heteroatoms. The maximum Gasteiger partial charge on any atom is 0.228 e. The van der Waals surface area contributed by atoms with E-state index in [1.54, 1.807) is 30.3 Å². The molecule has 0 aliphatic carbocycles. The SMILES string of the molecule is NCc1ccc(NC(=O)Cc2ccccc2F)cc1. The summed E-state index contributed by atoms with van der Waals surface area (Å²) in [6.45, 7) is 0.462. The number of halogens is 1. The summed E-state index contributed by atoms with van der Waals surface area (Å²) < 4.78 is 13.4. The van der Waals surface area contributed by atoms with Crippen LogP contribution in [0.1, 0.15) is 11.1 Å². The zero-order valence-corrected chi connectivity index (χ0v) is 10.4. The van der Waals surface area contributed by atoms with E-state index in [0.29, 0.717) is 17.8 Å². The summed E-state index contributed by atoms with van der Waals surface area (Å²) in [5, 5.41) is 2.72. The summed E-state index contributed by atoms with van der Waals surface area (Å²) >= 11 is 0. The van der Waals surface area contributed by atoms with Gasteiger partial charge in [0.05, 0.1) is 6.42 Å². The van der Waals surface area contributed by atoms with Crippen LogP contribution >= 0.6 is 0 Å². The van der Waals surface area contributed by atoms with Gasteiger partial charge in [-0.15, -0.1) is 0 Å². The van der Waals surface area contributed by atoms with Gasteiger partial charge >= 0.3 is 0 Å². The fourth-order valence-electron chi connectivity index (χ4n) is 1.74. The molecule has 0 heterocycles. The van der Waals surface area contributed by atoms with Crippen molar-refractivity contribution in [3.8, 4) is 0 Å². The van der Waals surface area contributed by atoms with E-state index in [9.17, 15) is 9.18 Å². The Morgan fingerprint density at radius 3 is 2.42 bits per heavy atom.